The third kappa shape index (κ3) is 3.15. The maximum Gasteiger partial charge on any atom is 0.127 e. The summed E-state index contributed by atoms with van der Waals surface area (Å²) in [4.78, 5) is 4.09. The lowest BCUT2D eigenvalue weighted by molar-refractivity contribution is 0.00558. The van der Waals surface area contributed by atoms with Crippen molar-refractivity contribution in [3.8, 4) is 5.75 Å². The second-order valence-electron chi connectivity index (χ2n) is 5.14. The maximum atomic E-state index is 5.93. The number of fused-ring (bicyclic) bond motifs is 1. The first-order chi connectivity index (χ1) is 9.03. The molecule has 0 saturated carbocycles. The van der Waals surface area contributed by atoms with Gasteiger partial charge in [-0.1, -0.05) is 0 Å². The second kappa shape index (κ2) is 5.45. The summed E-state index contributed by atoms with van der Waals surface area (Å²) < 4.78 is 11.2. The molecule has 1 aromatic heterocycles. The van der Waals surface area contributed by atoms with E-state index in [1.807, 2.05) is 32.0 Å². The van der Waals surface area contributed by atoms with Crippen LogP contribution in [-0.4, -0.2) is 24.3 Å². The van der Waals surface area contributed by atoms with E-state index in [1.54, 1.807) is 19.5 Å². The van der Waals surface area contributed by atoms with E-state index in [9.17, 15) is 0 Å². The Kier molecular flexibility index (Phi) is 3.90. The van der Waals surface area contributed by atoms with Gasteiger partial charge in [0.25, 0.3) is 0 Å². The van der Waals surface area contributed by atoms with Crippen LogP contribution in [0.25, 0.3) is 10.8 Å². The molecule has 2 aromatic rings. The molecule has 19 heavy (non-hydrogen) atoms. The number of benzene rings is 1. The molecule has 0 unspecified atom stereocenters. The molecule has 0 aliphatic carbocycles. The Morgan fingerprint density at radius 2 is 2.00 bits per heavy atom. The third-order valence-electron chi connectivity index (χ3n) is 3.33. The van der Waals surface area contributed by atoms with Crippen LogP contribution >= 0.6 is 0 Å². The zero-order valence-corrected chi connectivity index (χ0v) is 11.6. The molecule has 2 N–H and O–H groups in total. The Balaban J connectivity index is 2.16. The molecule has 102 valence electrons. The summed E-state index contributed by atoms with van der Waals surface area (Å²) in [5.41, 5.74) is 6.47. The van der Waals surface area contributed by atoms with Gasteiger partial charge in [0.2, 0.25) is 0 Å². The average molecular weight is 260 g/mol. The number of nitrogen functional groups attached to an aromatic ring is 1. The summed E-state index contributed by atoms with van der Waals surface area (Å²) in [7, 11) is 1.71. The molecule has 4 nitrogen and oxygen atoms in total. The zero-order valence-electron chi connectivity index (χ0n) is 11.6. The fraction of sp³-hybridized carbons (Fsp3) is 0.400. The fourth-order valence-corrected chi connectivity index (χ4v) is 1.82. The quantitative estimate of drug-likeness (QED) is 0.840. The lowest BCUT2D eigenvalue weighted by atomic mass is 10.1. The molecule has 0 bridgehead atoms. The van der Waals surface area contributed by atoms with Crippen LogP contribution in [0.3, 0.4) is 0 Å². The molecule has 0 fully saturated rings. The van der Waals surface area contributed by atoms with E-state index in [2.05, 4.69) is 4.98 Å². The molecular weight excluding hydrogens is 240 g/mol. The number of hydrogen-bond acceptors (Lipinski definition) is 4. The molecule has 0 spiro atoms. The van der Waals surface area contributed by atoms with Crippen molar-refractivity contribution in [3.63, 3.8) is 0 Å². The van der Waals surface area contributed by atoms with Gasteiger partial charge in [0, 0.05) is 42.4 Å². The fourth-order valence-electron chi connectivity index (χ4n) is 1.82. The van der Waals surface area contributed by atoms with Crippen LogP contribution in [-0.2, 0) is 4.74 Å². The van der Waals surface area contributed by atoms with Crippen LogP contribution in [0.5, 0.6) is 5.75 Å². The van der Waals surface area contributed by atoms with E-state index in [-0.39, 0.29) is 5.60 Å². The standard InChI is InChI=1S/C15H20N2O2/c1-15(2,18-3)7-9-19-14-5-4-13(16)12-10-17-8-6-11(12)14/h4-6,8,10H,7,9,16H2,1-3H3. The van der Waals surface area contributed by atoms with Crippen LogP contribution in [0.1, 0.15) is 20.3 Å². The number of anilines is 1. The molecule has 0 radical (unpaired) electrons. The van der Waals surface area contributed by atoms with Crippen molar-refractivity contribution in [1.29, 1.82) is 0 Å². The summed E-state index contributed by atoms with van der Waals surface area (Å²) in [6.07, 6.45) is 4.32. The van der Waals surface area contributed by atoms with Crippen molar-refractivity contribution in [3.05, 3.63) is 30.6 Å². The minimum absolute atomic E-state index is 0.175. The second-order valence-corrected chi connectivity index (χ2v) is 5.14. The van der Waals surface area contributed by atoms with Crippen molar-refractivity contribution in [2.75, 3.05) is 19.5 Å². The van der Waals surface area contributed by atoms with Crippen LogP contribution < -0.4 is 10.5 Å². The first-order valence-electron chi connectivity index (χ1n) is 6.34. The molecule has 2 rings (SSSR count). The van der Waals surface area contributed by atoms with Gasteiger partial charge in [0.15, 0.2) is 0 Å². The molecule has 1 heterocycles. The highest BCUT2D eigenvalue weighted by molar-refractivity contribution is 5.96. The molecule has 0 amide bonds. The SMILES string of the molecule is COC(C)(C)CCOc1ccc(N)c2cnccc12. The highest BCUT2D eigenvalue weighted by Gasteiger charge is 2.16. The first-order valence-corrected chi connectivity index (χ1v) is 6.34. The van der Waals surface area contributed by atoms with Crippen molar-refractivity contribution in [2.24, 2.45) is 0 Å². The van der Waals surface area contributed by atoms with Gasteiger partial charge in [-0.2, -0.15) is 0 Å². The Bertz CT molecular complexity index is 567. The van der Waals surface area contributed by atoms with E-state index in [0.717, 1.165) is 22.9 Å². The van der Waals surface area contributed by atoms with Crippen molar-refractivity contribution in [2.45, 2.75) is 25.9 Å². The molecule has 0 saturated heterocycles. The smallest absolute Gasteiger partial charge is 0.127 e. The van der Waals surface area contributed by atoms with Crippen molar-refractivity contribution >= 4 is 16.5 Å². The Morgan fingerprint density at radius 3 is 2.74 bits per heavy atom. The monoisotopic (exact) mass is 260 g/mol. The van der Waals surface area contributed by atoms with Gasteiger partial charge in [-0.05, 0) is 32.0 Å². The number of methoxy groups -OCH3 is 1. The predicted molar refractivity (Wildman–Crippen MR) is 77.4 cm³/mol. The van der Waals surface area contributed by atoms with E-state index in [1.165, 1.54) is 0 Å². The van der Waals surface area contributed by atoms with Gasteiger partial charge < -0.3 is 15.2 Å². The van der Waals surface area contributed by atoms with Crippen LogP contribution in [0.4, 0.5) is 5.69 Å². The summed E-state index contributed by atoms with van der Waals surface area (Å²) in [5, 5.41) is 1.91. The van der Waals surface area contributed by atoms with Crippen molar-refractivity contribution < 1.29 is 9.47 Å². The molecule has 1 aromatic carbocycles. The maximum absolute atomic E-state index is 5.93. The predicted octanol–water partition coefficient (Wildman–Crippen LogP) is 3.01. The highest BCUT2D eigenvalue weighted by atomic mass is 16.5. The van der Waals surface area contributed by atoms with Gasteiger partial charge in [0.05, 0.1) is 12.2 Å². The third-order valence-corrected chi connectivity index (χ3v) is 3.33. The number of ether oxygens (including phenoxy) is 2. The Labute approximate surface area is 113 Å². The summed E-state index contributed by atoms with van der Waals surface area (Å²) in [5.74, 6) is 0.832. The normalized spacial score (nSPS) is 11.7. The van der Waals surface area contributed by atoms with Gasteiger partial charge in [-0.15, -0.1) is 0 Å². The number of nitrogens with two attached hydrogens (primary N) is 1. The van der Waals surface area contributed by atoms with Gasteiger partial charge in [0.1, 0.15) is 5.75 Å². The number of hydrogen-bond donors (Lipinski definition) is 1. The van der Waals surface area contributed by atoms with E-state index >= 15 is 0 Å². The van der Waals surface area contributed by atoms with E-state index < -0.39 is 0 Å². The Hall–Kier alpha value is -1.81. The molecule has 0 aliphatic heterocycles. The van der Waals surface area contributed by atoms with Crippen LogP contribution in [0, 0.1) is 0 Å². The number of rotatable bonds is 5. The summed E-state index contributed by atoms with van der Waals surface area (Å²) in [6.45, 7) is 4.69. The van der Waals surface area contributed by atoms with Gasteiger partial charge in [-0.25, -0.2) is 0 Å². The summed E-state index contributed by atoms with van der Waals surface area (Å²) in [6, 6.07) is 5.67. The van der Waals surface area contributed by atoms with Gasteiger partial charge >= 0.3 is 0 Å². The molecule has 0 aliphatic rings. The average Bonchev–Trinajstić information content (AvgIpc) is 2.42. The minimum Gasteiger partial charge on any atom is -0.493 e. The molecule has 4 heteroatoms. The topological polar surface area (TPSA) is 57.4 Å². The van der Waals surface area contributed by atoms with Crippen LogP contribution in [0.15, 0.2) is 30.6 Å². The highest BCUT2D eigenvalue weighted by Crippen LogP contribution is 2.29. The molecule has 0 atom stereocenters. The van der Waals surface area contributed by atoms with Crippen LogP contribution in [0.2, 0.25) is 0 Å². The lowest BCUT2D eigenvalue weighted by Gasteiger charge is -2.22. The number of aromatic nitrogens is 1. The largest absolute Gasteiger partial charge is 0.493 e. The van der Waals surface area contributed by atoms with Gasteiger partial charge in [-0.3, -0.25) is 4.98 Å². The zero-order chi connectivity index (χ0) is 13.9. The lowest BCUT2D eigenvalue weighted by Crippen LogP contribution is -2.25. The molecular formula is C15H20N2O2. The first kappa shape index (κ1) is 13.6. The Morgan fingerprint density at radius 1 is 1.21 bits per heavy atom. The summed E-state index contributed by atoms with van der Waals surface area (Å²) >= 11 is 0. The minimum atomic E-state index is -0.175. The van der Waals surface area contributed by atoms with E-state index in [0.29, 0.717) is 12.3 Å². The number of pyridine rings is 1. The number of nitrogens with zero attached hydrogens (tertiary/aromatic N) is 1. The van der Waals surface area contributed by atoms with Crippen molar-refractivity contribution in [1.82, 2.24) is 4.98 Å². The van der Waals surface area contributed by atoms with E-state index in [4.69, 9.17) is 15.2 Å².